The molecule has 0 bridgehead atoms. The van der Waals surface area contributed by atoms with Crippen LogP contribution in [0.5, 0.6) is 0 Å². The maximum atomic E-state index is 11.9. The Balaban J connectivity index is 2.03. The van der Waals surface area contributed by atoms with Crippen molar-refractivity contribution >= 4 is 11.8 Å². The van der Waals surface area contributed by atoms with Crippen LogP contribution in [0.25, 0.3) is 0 Å². The quantitative estimate of drug-likeness (QED) is 0.615. The van der Waals surface area contributed by atoms with Crippen LogP contribution in [0.15, 0.2) is 24.3 Å². The molecule has 0 aromatic carbocycles. The van der Waals surface area contributed by atoms with Crippen molar-refractivity contribution in [2.45, 2.75) is 26.4 Å². The SMILES string of the molecule is C=C1C=CC2C(C)C(=O)OC2C2C(C)C(=O)CC12. The fourth-order valence-corrected chi connectivity index (χ4v) is 3.72. The van der Waals surface area contributed by atoms with Gasteiger partial charge in [-0.25, -0.2) is 0 Å². The normalized spacial score (nSPS) is 46.7. The third-order valence-corrected chi connectivity index (χ3v) is 4.94. The number of allylic oxidation sites excluding steroid dienone is 2. The standard InChI is InChI=1S/C15H18O3/c1-7-4-5-10-8(2)15(17)18-14(10)13-9(3)12(16)6-11(7)13/h4-5,8-11,13-14H,1,6H2,2-3H3. The van der Waals surface area contributed by atoms with Crippen molar-refractivity contribution in [2.75, 3.05) is 0 Å². The van der Waals surface area contributed by atoms with Crippen molar-refractivity contribution < 1.29 is 14.3 Å². The van der Waals surface area contributed by atoms with E-state index in [2.05, 4.69) is 12.7 Å². The molecule has 3 rings (SSSR count). The van der Waals surface area contributed by atoms with Gasteiger partial charge in [0.15, 0.2) is 0 Å². The van der Waals surface area contributed by atoms with E-state index in [9.17, 15) is 9.59 Å². The van der Waals surface area contributed by atoms with Gasteiger partial charge in [0.1, 0.15) is 11.9 Å². The summed E-state index contributed by atoms with van der Waals surface area (Å²) in [6, 6.07) is 0. The summed E-state index contributed by atoms with van der Waals surface area (Å²) >= 11 is 0. The van der Waals surface area contributed by atoms with Crippen LogP contribution in [0.4, 0.5) is 0 Å². The molecule has 0 amide bonds. The van der Waals surface area contributed by atoms with Crippen molar-refractivity contribution in [3.63, 3.8) is 0 Å². The minimum atomic E-state index is -0.144. The van der Waals surface area contributed by atoms with Gasteiger partial charge >= 0.3 is 5.97 Å². The highest BCUT2D eigenvalue weighted by Gasteiger charge is 2.54. The van der Waals surface area contributed by atoms with Crippen molar-refractivity contribution in [1.82, 2.24) is 0 Å². The minimum absolute atomic E-state index is 0.0303. The Hall–Kier alpha value is -1.38. The van der Waals surface area contributed by atoms with E-state index in [1.165, 1.54) is 0 Å². The Bertz CT molecular complexity index is 462. The molecule has 1 aliphatic heterocycles. The smallest absolute Gasteiger partial charge is 0.309 e. The molecular formula is C15H18O3. The Labute approximate surface area is 107 Å². The summed E-state index contributed by atoms with van der Waals surface area (Å²) < 4.78 is 5.56. The number of fused-ring (bicyclic) bond motifs is 3. The van der Waals surface area contributed by atoms with Crippen molar-refractivity contribution in [1.29, 1.82) is 0 Å². The molecule has 0 radical (unpaired) electrons. The van der Waals surface area contributed by atoms with Gasteiger partial charge in [0, 0.05) is 24.2 Å². The molecule has 1 heterocycles. The number of Topliss-reactive ketones (excluding diaryl/α,β-unsaturated/α-hetero) is 1. The summed E-state index contributed by atoms with van der Waals surface area (Å²) in [6.07, 6.45) is 4.45. The number of esters is 1. The third kappa shape index (κ3) is 1.43. The van der Waals surface area contributed by atoms with Crippen molar-refractivity contribution in [3.8, 4) is 0 Å². The first kappa shape index (κ1) is 11.7. The molecule has 18 heavy (non-hydrogen) atoms. The molecule has 6 atom stereocenters. The van der Waals surface area contributed by atoms with Gasteiger partial charge in [-0.1, -0.05) is 38.2 Å². The van der Waals surface area contributed by atoms with E-state index in [-0.39, 0.29) is 47.4 Å². The Morgan fingerprint density at radius 3 is 2.72 bits per heavy atom. The van der Waals surface area contributed by atoms with Crippen molar-refractivity contribution in [3.05, 3.63) is 24.3 Å². The first-order valence-corrected chi connectivity index (χ1v) is 6.61. The van der Waals surface area contributed by atoms with E-state index in [4.69, 9.17) is 4.74 Å². The lowest BCUT2D eigenvalue weighted by molar-refractivity contribution is -0.146. The molecule has 0 N–H and O–H groups in total. The summed E-state index contributed by atoms with van der Waals surface area (Å²) in [5.74, 6) is 0.356. The maximum Gasteiger partial charge on any atom is 0.309 e. The largest absolute Gasteiger partial charge is 0.461 e. The molecule has 6 unspecified atom stereocenters. The highest BCUT2D eigenvalue weighted by molar-refractivity contribution is 5.85. The van der Waals surface area contributed by atoms with Crippen LogP contribution in [-0.4, -0.2) is 17.9 Å². The molecule has 1 saturated heterocycles. The van der Waals surface area contributed by atoms with E-state index in [0.717, 1.165) is 5.57 Å². The van der Waals surface area contributed by atoms with Gasteiger partial charge in [-0.3, -0.25) is 9.59 Å². The average Bonchev–Trinajstić information content (AvgIpc) is 2.72. The summed E-state index contributed by atoms with van der Waals surface area (Å²) in [5.41, 5.74) is 1.01. The number of carbonyl (C=O) groups is 2. The average molecular weight is 246 g/mol. The van der Waals surface area contributed by atoms with Gasteiger partial charge in [0.2, 0.25) is 0 Å². The highest BCUT2D eigenvalue weighted by Crippen LogP contribution is 2.49. The molecule has 0 spiro atoms. The minimum Gasteiger partial charge on any atom is -0.461 e. The van der Waals surface area contributed by atoms with Crippen LogP contribution in [0.1, 0.15) is 20.3 Å². The third-order valence-electron chi connectivity index (χ3n) is 4.94. The van der Waals surface area contributed by atoms with E-state index in [1.54, 1.807) is 0 Å². The number of carbonyl (C=O) groups excluding carboxylic acids is 2. The Morgan fingerprint density at radius 2 is 2.00 bits per heavy atom. The second kappa shape index (κ2) is 3.81. The summed E-state index contributed by atoms with van der Waals surface area (Å²) in [4.78, 5) is 23.7. The number of hydrogen-bond donors (Lipinski definition) is 0. The van der Waals surface area contributed by atoms with Gasteiger partial charge in [-0.05, 0) is 5.92 Å². The van der Waals surface area contributed by atoms with Crippen molar-refractivity contribution in [2.24, 2.45) is 29.6 Å². The molecule has 0 aromatic heterocycles. The highest BCUT2D eigenvalue weighted by atomic mass is 16.6. The predicted octanol–water partition coefficient (Wildman–Crippen LogP) is 2.13. The molecule has 1 saturated carbocycles. The zero-order chi connectivity index (χ0) is 13.0. The second-order valence-corrected chi connectivity index (χ2v) is 5.84. The van der Waals surface area contributed by atoms with Gasteiger partial charge in [0.05, 0.1) is 5.92 Å². The van der Waals surface area contributed by atoms with Gasteiger partial charge in [-0.15, -0.1) is 0 Å². The van der Waals surface area contributed by atoms with E-state index in [1.807, 2.05) is 19.9 Å². The van der Waals surface area contributed by atoms with Crippen LogP contribution >= 0.6 is 0 Å². The van der Waals surface area contributed by atoms with E-state index < -0.39 is 0 Å². The lowest BCUT2D eigenvalue weighted by Crippen LogP contribution is -2.32. The lowest BCUT2D eigenvalue weighted by atomic mass is 9.78. The van der Waals surface area contributed by atoms with Gasteiger partial charge in [0.25, 0.3) is 0 Å². The molecule has 3 nitrogen and oxygen atoms in total. The molecule has 0 aromatic rings. The van der Waals surface area contributed by atoms with Crippen LogP contribution < -0.4 is 0 Å². The number of ether oxygens (including phenoxy) is 1. The number of rotatable bonds is 0. The molecule has 3 heteroatoms. The van der Waals surface area contributed by atoms with Crippen LogP contribution in [0.2, 0.25) is 0 Å². The van der Waals surface area contributed by atoms with E-state index in [0.29, 0.717) is 6.42 Å². The zero-order valence-electron chi connectivity index (χ0n) is 10.8. The Morgan fingerprint density at radius 1 is 1.28 bits per heavy atom. The number of hydrogen-bond acceptors (Lipinski definition) is 3. The predicted molar refractivity (Wildman–Crippen MR) is 66.6 cm³/mol. The van der Waals surface area contributed by atoms with Crippen LogP contribution in [-0.2, 0) is 14.3 Å². The molecule has 96 valence electrons. The van der Waals surface area contributed by atoms with Gasteiger partial charge in [-0.2, -0.15) is 0 Å². The molecule has 2 aliphatic carbocycles. The lowest BCUT2D eigenvalue weighted by Gasteiger charge is -2.28. The second-order valence-electron chi connectivity index (χ2n) is 5.84. The first-order valence-electron chi connectivity index (χ1n) is 6.61. The van der Waals surface area contributed by atoms with Crippen LogP contribution in [0.3, 0.4) is 0 Å². The maximum absolute atomic E-state index is 11.9. The fourth-order valence-electron chi connectivity index (χ4n) is 3.72. The van der Waals surface area contributed by atoms with E-state index >= 15 is 0 Å². The first-order chi connectivity index (χ1) is 8.50. The monoisotopic (exact) mass is 246 g/mol. The van der Waals surface area contributed by atoms with Gasteiger partial charge < -0.3 is 4.74 Å². The zero-order valence-corrected chi connectivity index (χ0v) is 10.8. The summed E-state index contributed by atoms with van der Waals surface area (Å²) in [7, 11) is 0. The topological polar surface area (TPSA) is 43.4 Å². The van der Waals surface area contributed by atoms with Crippen LogP contribution in [0, 0.1) is 29.6 Å². The molecule has 2 fully saturated rings. The fraction of sp³-hybridized carbons (Fsp3) is 0.600. The molecular weight excluding hydrogens is 228 g/mol. The summed E-state index contributed by atoms with van der Waals surface area (Å²) in [5, 5.41) is 0. The molecule has 3 aliphatic rings. The number of ketones is 1. The summed E-state index contributed by atoms with van der Waals surface area (Å²) in [6.45, 7) is 7.94. The Kier molecular flexibility index (Phi) is 2.47.